The molecular weight excluding hydrogens is 599 g/mol. The Hall–Kier alpha value is -4.38. The molecule has 0 saturated carbocycles. The highest BCUT2D eigenvalue weighted by atomic mass is 35.5. The number of fused-ring (bicyclic) bond motifs is 1. The zero-order chi connectivity index (χ0) is 32.6. The minimum atomic E-state index is -0.809. The van der Waals surface area contributed by atoms with Gasteiger partial charge in [0.1, 0.15) is 18.1 Å². The molecule has 0 bridgehead atoms. The van der Waals surface area contributed by atoms with Crippen LogP contribution in [0.4, 0.5) is 15.0 Å². The molecule has 10 nitrogen and oxygen atoms in total. The van der Waals surface area contributed by atoms with Crippen molar-refractivity contribution in [3.63, 3.8) is 0 Å². The number of anilines is 1. The number of aryl methyl sites for hydroxylation is 1. The van der Waals surface area contributed by atoms with Crippen LogP contribution in [0, 0.1) is 6.92 Å². The van der Waals surface area contributed by atoms with Gasteiger partial charge in [-0.15, -0.1) is 0 Å². The highest BCUT2D eigenvalue weighted by Gasteiger charge is 2.35. The van der Waals surface area contributed by atoms with Gasteiger partial charge in [-0.2, -0.15) is 4.98 Å². The molecule has 12 heteroatoms. The molecule has 4 aromatic rings. The van der Waals surface area contributed by atoms with Crippen LogP contribution < -0.4 is 10.6 Å². The lowest BCUT2D eigenvalue weighted by atomic mass is 10.0. The number of aromatic nitrogens is 4. The van der Waals surface area contributed by atoms with Gasteiger partial charge in [0.2, 0.25) is 0 Å². The van der Waals surface area contributed by atoms with Crippen LogP contribution in [0.25, 0.3) is 28.0 Å². The van der Waals surface area contributed by atoms with Gasteiger partial charge in [-0.3, -0.25) is 9.78 Å². The van der Waals surface area contributed by atoms with Crippen molar-refractivity contribution >= 4 is 40.8 Å². The summed E-state index contributed by atoms with van der Waals surface area (Å²) in [6.45, 7) is 10.8. The quantitative estimate of drug-likeness (QED) is 0.233. The van der Waals surface area contributed by atoms with Crippen molar-refractivity contribution in [1.29, 1.82) is 0 Å². The number of pyridine rings is 2. The van der Waals surface area contributed by atoms with E-state index in [4.69, 9.17) is 21.3 Å². The molecule has 1 aromatic carbocycles. The molecule has 5 rings (SSSR count). The lowest BCUT2D eigenvalue weighted by molar-refractivity contribution is 0.0208. The third kappa shape index (κ3) is 6.26. The van der Waals surface area contributed by atoms with E-state index in [1.54, 1.807) is 68.3 Å². The Balaban J connectivity index is 1.75. The number of halogens is 2. The summed E-state index contributed by atoms with van der Waals surface area (Å²) in [5, 5.41) is 0.635. The average molecular weight is 635 g/mol. The smallest absolute Gasteiger partial charge is 0.410 e. The van der Waals surface area contributed by atoms with Crippen molar-refractivity contribution in [3.05, 3.63) is 74.9 Å². The molecule has 0 spiro atoms. The predicted molar refractivity (Wildman–Crippen MR) is 173 cm³/mol. The van der Waals surface area contributed by atoms with Crippen LogP contribution >= 0.6 is 11.6 Å². The minimum absolute atomic E-state index is 0.0306. The molecular formula is C33H36ClFN6O4. The molecule has 0 unspecified atom stereocenters. The third-order valence-corrected chi connectivity index (χ3v) is 7.94. The van der Waals surface area contributed by atoms with Crippen molar-refractivity contribution in [3.8, 4) is 16.9 Å². The topological polar surface area (TPSA) is 111 Å². The summed E-state index contributed by atoms with van der Waals surface area (Å²) in [6, 6.07) is 9.55. The number of carbonyl (C=O) groups excluding carboxylic acids is 2. The highest BCUT2D eigenvalue weighted by molar-refractivity contribution is 6.34. The van der Waals surface area contributed by atoms with Crippen molar-refractivity contribution in [2.75, 3.05) is 31.2 Å². The third-order valence-electron chi connectivity index (χ3n) is 7.65. The molecule has 1 aliphatic rings. The normalized spacial score (nSPS) is 15.5. The first-order chi connectivity index (χ1) is 21.3. The van der Waals surface area contributed by atoms with E-state index in [1.807, 2.05) is 20.8 Å². The number of rotatable bonds is 6. The van der Waals surface area contributed by atoms with E-state index >= 15 is 0 Å². The lowest BCUT2D eigenvalue weighted by Crippen LogP contribution is -2.57. The molecule has 45 heavy (non-hydrogen) atoms. The summed E-state index contributed by atoms with van der Waals surface area (Å²) < 4.78 is 21.6. The van der Waals surface area contributed by atoms with E-state index in [2.05, 4.69) is 9.97 Å². The molecule has 3 aromatic heterocycles. The Morgan fingerprint density at radius 2 is 1.91 bits per heavy atom. The van der Waals surface area contributed by atoms with Gasteiger partial charge in [-0.25, -0.2) is 23.5 Å². The van der Waals surface area contributed by atoms with Crippen molar-refractivity contribution < 1.29 is 18.7 Å². The number of alkyl halides is 1. The van der Waals surface area contributed by atoms with E-state index < -0.39 is 30.1 Å². The Morgan fingerprint density at radius 1 is 1.18 bits per heavy atom. The fourth-order valence-corrected chi connectivity index (χ4v) is 5.83. The molecule has 4 heterocycles. The van der Waals surface area contributed by atoms with E-state index in [-0.39, 0.29) is 42.0 Å². The van der Waals surface area contributed by atoms with E-state index in [1.165, 1.54) is 9.47 Å². The summed E-state index contributed by atoms with van der Waals surface area (Å²) >= 11 is 6.86. The Bertz CT molecular complexity index is 1840. The number of piperazine rings is 1. The van der Waals surface area contributed by atoms with Crippen LogP contribution in [0.2, 0.25) is 5.02 Å². The average Bonchev–Trinajstić information content (AvgIpc) is 2.99. The fraction of sp³-hybridized carbons (Fsp3) is 0.394. The second kappa shape index (κ2) is 12.5. The van der Waals surface area contributed by atoms with E-state index in [0.717, 1.165) is 11.8 Å². The number of hydrogen-bond donors (Lipinski definition) is 0. The summed E-state index contributed by atoms with van der Waals surface area (Å²) in [4.78, 5) is 56.0. The first kappa shape index (κ1) is 32.0. The van der Waals surface area contributed by atoms with Crippen LogP contribution in [-0.4, -0.2) is 74.8 Å². The second-order valence-electron chi connectivity index (χ2n) is 12.4. The van der Waals surface area contributed by atoms with E-state index in [9.17, 15) is 18.8 Å². The van der Waals surface area contributed by atoms with Crippen LogP contribution in [0.3, 0.4) is 0 Å². The Labute approximate surface area is 265 Å². The molecule has 1 fully saturated rings. The zero-order valence-electron chi connectivity index (χ0n) is 26.2. The summed E-state index contributed by atoms with van der Waals surface area (Å²) in [5.74, 6) is 0.163. The van der Waals surface area contributed by atoms with Gasteiger partial charge < -0.3 is 14.5 Å². The molecule has 0 radical (unpaired) electrons. The maximum Gasteiger partial charge on any atom is 0.410 e. The molecule has 1 atom stereocenters. The van der Waals surface area contributed by atoms with Crippen LogP contribution in [0.5, 0.6) is 0 Å². The highest BCUT2D eigenvalue weighted by Crippen LogP contribution is 2.36. The SMILES string of the molecule is Cc1ccnc(C(C)C)c1-n1c(=O)nc(N2CCN(C(=O)OC(C)(C)C)C[C@@H]2CF)c2cc(Cl)c(-c3ccccc3C=O)nc21. The number of hydrogen-bond acceptors (Lipinski definition) is 8. The first-order valence-corrected chi connectivity index (χ1v) is 15.2. The summed E-state index contributed by atoms with van der Waals surface area (Å²) in [5.41, 5.74) is 2.08. The number of benzene rings is 1. The van der Waals surface area contributed by atoms with Crippen LogP contribution in [0.15, 0.2) is 47.4 Å². The van der Waals surface area contributed by atoms with Gasteiger partial charge >= 0.3 is 11.8 Å². The molecule has 1 amide bonds. The number of carbonyl (C=O) groups is 2. The molecule has 0 aliphatic carbocycles. The van der Waals surface area contributed by atoms with Gasteiger partial charge in [0.15, 0.2) is 11.9 Å². The molecule has 0 N–H and O–H groups in total. The lowest BCUT2D eigenvalue weighted by Gasteiger charge is -2.41. The van der Waals surface area contributed by atoms with Gasteiger partial charge in [-0.05, 0) is 51.3 Å². The van der Waals surface area contributed by atoms with Crippen molar-refractivity contribution in [2.45, 2.75) is 59.1 Å². The number of nitrogens with zero attached hydrogens (tertiary/aromatic N) is 6. The second-order valence-corrected chi connectivity index (χ2v) is 12.8. The maximum absolute atomic E-state index is 14.7. The van der Waals surface area contributed by atoms with Gasteiger partial charge in [0.05, 0.1) is 33.5 Å². The Morgan fingerprint density at radius 3 is 2.58 bits per heavy atom. The number of ether oxygens (including phenoxy) is 1. The Kier molecular flexibility index (Phi) is 8.93. The van der Waals surface area contributed by atoms with E-state index in [0.29, 0.717) is 33.6 Å². The summed E-state index contributed by atoms with van der Waals surface area (Å²) in [7, 11) is 0. The van der Waals surface area contributed by atoms with Gasteiger partial charge in [0.25, 0.3) is 0 Å². The van der Waals surface area contributed by atoms with Crippen molar-refractivity contribution in [1.82, 2.24) is 24.4 Å². The number of amides is 1. The van der Waals surface area contributed by atoms with Crippen LogP contribution in [-0.2, 0) is 4.74 Å². The fourth-order valence-electron chi connectivity index (χ4n) is 5.57. The summed E-state index contributed by atoms with van der Waals surface area (Å²) in [6.07, 6.45) is 1.88. The maximum atomic E-state index is 14.7. The van der Waals surface area contributed by atoms with Gasteiger partial charge in [-0.1, -0.05) is 49.7 Å². The monoisotopic (exact) mass is 634 g/mol. The number of aldehydes is 1. The van der Waals surface area contributed by atoms with Gasteiger partial charge in [0, 0.05) is 37.0 Å². The molecule has 1 saturated heterocycles. The largest absolute Gasteiger partial charge is 0.444 e. The molecule has 236 valence electrons. The standard InChI is InChI=1S/C33H36ClFN6O4/c1-19(2)26-28(20(3)11-12-36-26)41-30-24(15-25(34)27(37-30)23-10-8-7-9-21(23)18-42)29(38-31(41)43)40-14-13-39(17-22(40)16-35)32(44)45-33(4,5)6/h7-12,15,18-19,22H,13-14,16-17H2,1-6H3/t22-/m0/s1. The van der Waals surface area contributed by atoms with Crippen molar-refractivity contribution in [2.24, 2.45) is 0 Å². The minimum Gasteiger partial charge on any atom is -0.444 e. The van der Waals surface area contributed by atoms with Crippen LogP contribution in [0.1, 0.15) is 62.2 Å². The predicted octanol–water partition coefficient (Wildman–Crippen LogP) is 6.14. The first-order valence-electron chi connectivity index (χ1n) is 14.8. The molecule has 1 aliphatic heterocycles. The zero-order valence-corrected chi connectivity index (χ0v) is 26.9.